The van der Waals surface area contributed by atoms with Gasteiger partial charge in [0, 0.05) is 17.9 Å². The number of nitrogens with one attached hydrogen (secondary N) is 1. The van der Waals surface area contributed by atoms with E-state index in [4.69, 9.17) is 11.6 Å². The molecule has 0 fully saturated rings. The van der Waals surface area contributed by atoms with Crippen LogP contribution >= 0.6 is 11.6 Å². The van der Waals surface area contributed by atoms with E-state index in [2.05, 4.69) is 5.32 Å². The van der Waals surface area contributed by atoms with E-state index in [9.17, 15) is 14.0 Å². The molecule has 0 aromatic heterocycles. The lowest BCUT2D eigenvalue weighted by Crippen LogP contribution is -2.37. The van der Waals surface area contributed by atoms with Gasteiger partial charge in [-0.05, 0) is 42.7 Å². The standard InChI is InChI=1S/C18H16ClFN2O2/c19-14-10-13(7-8-15(14)20)21-17(23)11-18(24)22-9-3-5-12-4-1-2-6-16(12)22/h1-2,4,6-8,10H,3,5,9,11H2,(H,21,23). The lowest BCUT2D eigenvalue weighted by molar-refractivity contribution is -0.125. The van der Waals surface area contributed by atoms with Crippen LogP contribution in [0.1, 0.15) is 18.4 Å². The van der Waals surface area contributed by atoms with E-state index >= 15 is 0 Å². The van der Waals surface area contributed by atoms with Gasteiger partial charge in [-0.1, -0.05) is 29.8 Å². The first-order chi connectivity index (χ1) is 11.5. The number of para-hydroxylation sites is 1. The van der Waals surface area contributed by atoms with Gasteiger partial charge in [0.25, 0.3) is 0 Å². The number of hydrogen-bond acceptors (Lipinski definition) is 2. The molecule has 0 saturated heterocycles. The zero-order valence-corrected chi connectivity index (χ0v) is 13.6. The van der Waals surface area contributed by atoms with Crippen LogP contribution in [0.25, 0.3) is 0 Å². The first-order valence-electron chi connectivity index (χ1n) is 7.68. The van der Waals surface area contributed by atoms with Gasteiger partial charge in [-0.3, -0.25) is 9.59 Å². The van der Waals surface area contributed by atoms with E-state index < -0.39 is 11.7 Å². The third kappa shape index (κ3) is 3.57. The smallest absolute Gasteiger partial charge is 0.236 e. The summed E-state index contributed by atoms with van der Waals surface area (Å²) in [7, 11) is 0. The molecule has 1 aliphatic rings. The summed E-state index contributed by atoms with van der Waals surface area (Å²) >= 11 is 5.68. The van der Waals surface area contributed by atoms with E-state index in [0.29, 0.717) is 12.2 Å². The minimum absolute atomic E-state index is 0.0796. The minimum atomic E-state index is -0.560. The van der Waals surface area contributed by atoms with E-state index in [1.165, 1.54) is 18.2 Å². The summed E-state index contributed by atoms with van der Waals surface area (Å²) in [5.41, 5.74) is 2.34. The van der Waals surface area contributed by atoms with E-state index in [-0.39, 0.29) is 17.4 Å². The van der Waals surface area contributed by atoms with Gasteiger partial charge in [0.05, 0.1) is 5.02 Å². The first kappa shape index (κ1) is 16.5. The number of anilines is 2. The molecule has 6 heteroatoms. The Bertz CT molecular complexity index is 794. The van der Waals surface area contributed by atoms with Crippen molar-refractivity contribution in [3.8, 4) is 0 Å². The van der Waals surface area contributed by atoms with Crippen LogP contribution in [0.3, 0.4) is 0 Å². The largest absolute Gasteiger partial charge is 0.326 e. The predicted octanol–water partition coefficient (Wildman–Crippen LogP) is 3.79. The van der Waals surface area contributed by atoms with Crippen LogP contribution in [0.15, 0.2) is 42.5 Å². The Kier molecular flexibility index (Phi) is 4.81. The van der Waals surface area contributed by atoms with Crippen molar-refractivity contribution in [1.82, 2.24) is 0 Å². The highest BCUT2D eigenvalue weighted by Crippen LogP contribution is 2.27. The summed E-state index contributed by atoms with van der Waals surface area (Å²) in [6.45, 7) is 0.603. The molecule has 2 aromatic rings. The summed E-state index contributed by atoms with van der Waals surface area (Å²) in [4.78, 5) is 26.2. The van der Waals surface area contributed by atoms with Crippen molar-refractivity contribution in [3.63, 3.8) is 0 Å². The number of amides is 2. The Hall–Kier alpha value is -2.40. The molecule has 0 saturated carbocycles. The molecule has 1 aliphatic heterocycles. The van der Waals surface area contributed by atoms with Crippen LogP contribution in [0, 0.1) is 5.82 Å². The van der Waals surface area contributed by atoms with Crippen molar-refractivity contribution in [2.45, 2.75) is 19.3 Å². The fourth-order valence-electron chi connectivity index (χ4n) is 2.80. The fraction of sp³-hybridized carbons (Fsp3) is 0.222. The topological polar surface area (TPSA) is 49.4 Å². The van der Waals surface area contributed by atoms with Gasteiger partial charge >= 0.3 is 0 Å². The Balaban J connectivity index is 1.67. The van der Waals surface area contributed by atoms with E-state index in [1.54, 1.807) is 4.90 Å². The highest BCUT2D eigenvalue weighted by molar-refractivity contribution is 6.31. The van der Waals surface area contributed by atoms with Gasteiger partial charge in [0.1, 0.15) is 12.2 Å². The normalized spacial score (nSPS) is 13.3. The maximum atomic E-state index is 13.1. The van der Waals surface area contributed by atoms with Gasteiger partial charge in [-0.2, -0.15) is 0 Å². The van der Waals surface area contributed by atoms with Crippen molar-refractivity contribution in [2.75, 3.05) is 16.8 Å². The average Bonchev–Trinajstić information content (AvgIpc) is 2.57. The SMILES string of the molecule is O=C(CC(=O)N1CCCc2ccccc21)Nc1ccc(F)c(Cl)c1. The second kappa shape index (κ2) is 7.01. The van der Waals surface area contributed by atoms with Gasteiger partial charge < -0.3 is 10.2 Å². The van der Waals surface area contributed by atoms with Crippen LogP contribution in [0.2, 0.25) is 5.02 Å². The molecule has 1 heterocycles. The van der Waals surface area contributed by atoms with Crippen molar-refractivity contribution < 1.29 is 14.0 Å². The quantitative estimate of drug-likeness (QED) is 0.860. The number of benzene rings is 2. The van der Waals surface area contributed by atoms with Crippen LogP contribution in [-0.2, 0) is 16.0 Å². The Morgan fingerprint density at radius 3 is 2.79 bits per heavy atom. The van der Waals surface area contributed by atoms with E-state index in [0.717, 1.165) is 24.1 Å². The van der Waals surface area contributed by atoms with E-state index in [1.807, 2.05) is 24.3 Å². The molecule has 2 amide bonds. The second-order valence-electron chi connectivity index (χ2n) is 5.63. The molecule has 24 heavy (non-hydrogen) atoms. The monoisotopic (exact) mass is 346 g/mol. The van der Waals surface area contributed by atoms with Crippen LogP contribution in [0.5, 0.6) is 0 Å². The molecule has 0 unspecified atom stereocenters. The van der Waals surface area contributed by atoms with Crippen LogP contribution < -0.4 is 10.2 Å². The Morgan fingerprint density at radius 1 is 1.21 bits per heavy atom. The maximum absolute atomic E-state index is 13.1. The molecule has 4 nitrogen and oxygen atoms in total. The number of rotatable bonds is 3. The first-order valence-corrected chi connectivity index (χ1v) is 8.05. The Morgan fingerprint density at radius 2 is 2.00 bits per heavy atom. The molecule has 0 radical (unpaired) electrons. The molecule has 3 rings (SSSR count). The number of carbonyl (C=O) groups excluding carboxylic acids is 2. The zero-order valence-electron chi connectivity index (χ0n) is 12.9. The number of aryl methyl sites for hydroxylation is 1. The summed E-state index contributed by atoms with van der Waals surface area (Å²) in [5.74, 6) is -1.27. The fourth-order valence-corrected chi connectivity index (χ4v) is 2.99. The van der Waals surface area contributed by atoms with Crippen LogP contribution in [0.4, 0.5) is 15.8 Å². The number of nitrogens with zero attached hydrogens (tertiary/aromatic N) is 1. The average molecular weight is 347 g/mol. The molecular weight excluding hydrogens is 331 g/mol. The zero-order chi connectivity index (χ0) is 17.1. The molecule has 0 bridgehead atoms. The molecule has 0 aliphatic carbocycles. The summed E-state index contributed by atoms with van der Waals surface area (Å²) < 4.78 is 13.1. The molecule has 1 N–H and O–H groups in total. The minimum Gasteiger partial charge on any atom is -0.326 e. The third-order valence-corrected chi connectivity index (χ3v) is 4.22. The Labute approximate surface area is 144 Å². The number of carbonyl (C=O) groups is 2. The molecule has 124 valence electrons. The van der Waals surface area contributed by atoms with Crippen molar-refractivity contribution in [3.05, 3.63) is 58.9 Å². The van der Waals surface area contributed by atoms with Gasteiger partial charge in [-0.25, -0.2) is 4.39 Å². The maximum Gasteiger partial charge on any atom is 0.236 e. The van der Waals surface area contributed by atoms with Crippen molar-refractivity contribution >= 4 is 34.8 Å². The van der Waals surface area contributed by atoms with Crippen molar-refractivity contribution in [1.29, 1.82) is 0 Å². The van der Waals surface area contributed by atoms with Crippen LogP contribution in [-0.4, -0.2) is 18.4 Å². The summed E-state index contributed by atoms with van der Waals surface area (Å²) in [5, 5.41) is 2.49. The number of hydrogen-bond donors (Lipinski definition) is 1. The predicted molar refractivity (Wildman–Crippen MR) is 91.8 cm³/mol. The lowest BCUT2D eigenvalue weighted by atomic mass is 10.0. The molecule has 2 aromatic carbocycles. The van der Waals surface area contributed by atoms with Gasteiger partial charge in [0.15, 0.2) is 0 Å². The van der Waals surface area contributed by atoms with Crippen molar-refractivity contribution in [2.24, 2.45) is 0 Å². The summed E-state index contributed by atoms with van der Waals surface area (Å²) in [6, 6.07) is 11.6. The molecular formula is C18H16ClFN2O2. The number of halogens is 2. The van der Waals surface area contributed by atoms with Gasteiger partial charge in [0.2, 0.25) is 11.8 Å². The molecule has 0 spiro atoms. The highest BCUT2D eigenvalue weighted by Gasteiger charge is 2.23. The highest BCUT2D eigenvalue weighted by atomic mass is 35.5. The molecule has 0 atom stereocenters. The third-order valence-electron chi connectivity index (χ3n) is 3.93. The number of fused-ring (bicyclic) bond motifs is 1. The second-order valence-corrected chi connectivity index (χ2v) is 6.04. The lowest BCUT2D eigenvalue weighted by Gasteiger charge is -2.29. The van der Waals surface area contributed by atoms with Gasteiger partial charge in [-0.15, -0.1) is 0 Å². The summed E-state index contributed by atoms with van der Waals surface area (Å²) in [6.07, 6.45) is 1.53.